The van der Waals surface area contributed by atoms with Gasteiger partial charge in [-0.25, -0.2) is 0 Å². The zero-order valence-corrected chi connectivity index (χ0v) is 11.0. The Bertz CT molecular complexity index is 441. The standard InChI is InChI=1S/C15H20O3/c1-3-13(14(16)18-2)15(17)9-8-11-6-4-5-7-12(11)10-15/h4-7,13,17H,3,8-10H2,1-2H3. The molecule has 1 aliphatic carbocycles. The molecule has 2 unspecified atom stereocenters. The molecule has 0 saturated carbocycles. The predicted octanol–water partition coefficient (Wildman–Crippen LogP) is 2.11. The Labute approximate surface area is 108 Å². The van der Waals surface area contributed by atoms with Crippen molar-refractivity contribution in [3.63, 3.8) is 0 Å². The highest BCUT2D eigenvalue weighted by molar-refractivity contribution is 5.74. The number of carbonyl (C=O) groups is 1. The first-order valence-electron chi connectivity index (χ1n) is 6.47. The van der Waals surface area contributed by atoms with Crippen molar-refractivity contribution in [3.05, 3.63) is 35.4 Å². The van der Waals surface area contributed by atoms with Crippen LogP contribution in [0.15, 0.2) is 24.3 Å². The highest BCUT2D eigenvalue weighted by Crippen LogP contribution is 2.36. The van der Waals surface area contributed by atoms with Gasteiger partial charge >= 0.3 is 5.97 Å². The van der Waals surface area contributed by atoms with E-state index in [1.165, 1.54) is 12.7 Å². The molecule has 0 radical (unpaired) electrons. The van der Waals surface area contributed by atoms with E-state index < -0.39 is 11.5 Å². The summed E-state index contributed by atoms with van der Waals surface area (Å²) in [6.45, 7) is 1.92. The van der Waals surface area contributed by atoms with Crippen molar-refractivity contribution in [2.45, 2.75) is 38.2 Å². The van der Waals surface area contributed by atoms with Crippen LogP contribution in [0.2, 0.25) is 0 Å². The van der Waals surface area contributed by atoms with Crippen molar-refractivity contribution >= 4 is 5.97 Å². The van der Waals surface area contributed by atoms with Gasteiger partial charge in [0.25, 0.3) is 0 Å². The molecule has 2 rings (SSSR count). The van der Waals surface area contributed by atoms with E-state index in [1.54, 1.807) is 0 Å². The molecule has 2 atom stereocenters. The summed E-state index contributed by atoms with van der Waals surface area (Å²) >= 11 is 0. The minimum Gasteiger partial charge on any atom is -0.469 e. The lowest BCUT2D eigenvalue weighted by Gasteiger charge is -2.38. The van der Waals surface area contributed by atoms with Crippen molar-refractivity contribution in [3.8, 4) is 0 Å². The van der Waals surface area contributed by atoms with Crippen LogP contribution in [0.1, 0.15) is 30.9 Å². The van der Waals surface area contributed by atoms with E-state index in [9.17, 15) is 9.90 Å². The summed E-state index contributed by atoms with van der Waals surface area (Å²) < 4.78 is 4.81. The summed E-state index contributed by atoms with van der Waals surface area (Å²) in [7, 11) is 1.38. The quantitative estimate of drug-likeness (QED) is 0.833. The molecule has 1 aliphatic rings. The van der Waals surface area contributed by atoms with E-state index in [4.69, 9.17) is 4.74 Å². The highest BCUT2D eigenvalue weighted by Gasteiger charge is 2.43. The van der Waals surface area contributed by atoms with E-state index in [2.05, 4.69) is 6.07 Å². The first-order chi connectivity index (χ1) is 8.60. The molecule has 98 valence electrons. The van der Waals surface area contributed by atoms with Crippen LogP contribution < -0.4 is 0 Å². The lowest BCUT2D eigenvalue weighted by atomic mass is 9.72. The van der Waals surface area contributed by atoms with Gasteiger partial charge in [-0.3, -0.25) is 4.79 Å². The molecule has 0 spiro atoms. The van der Waals surface area contributed by atoms with Crippen molar-refractivity contribution in [1.29, 1.82) is 0 Å². The fourth-order valence-electron chi connectivity index (χ4n) is 2.95. The SMILES string of the molecule is CCC(C(=O)OC)C1(O)CCc2ccccc2C1. The number of methoxy groups -OCH3 is 1. The number of hydrogen-bond acceptors (Lipinski definition) is 3. The fraction of sp³-hybridized carbons (Fsp3) is 0.533. The van der Waals surface area contributed by atoms with Gasteiger partial charge in [0.2, 0.25) is 0 Å². The van der Waals surface area contributed by atoms with Gasteiger partial charge in [-0.05, 0) is 30.4 Å². The lowest BCUT2D eigenvalue weighted by Crippen LogP contribution is -2.47. The van der Waals surface area contributed by atoms with Crippen LogP contribution in [0, 0.1) is 5.92 Å². The lowest BCUT2D eigenvalue weighted by molar-refractivity contribution is -0.157. The zero-order chi connectivity index (χ0) is 13.2. The largest absolute Gasteiger partial charge is 0.469 e. The molecule has 0 aromatic heterocycles. The molecule has 18 heavy (non-hydrogen) atoms. The molecule has 1 aromatic rings. The van der Waals surface area contributed by atoms with E-state index in [0.29, 0.717) is 19.3 Å². The molecule has 3 heteroatoms. The number of hydrogen-bond donors (Lipinski definition) is 1. The number of aliphatic hydroxyl groups is 1. The van der Waals surface area contributed by atoms with Gasteiger partial charge < -0.3 is 9.84 Å². The highest BCUT2D eigenvalue weighted by atomic mass is 16.5. The average Bonchev–Trinajstić information content (AvgIpc) is 2.38. The molecule has 0 fully saturated rings. The maximum Gasteiger partial charge on any atom is 0.311 e. The minimum absolute atomic E-state index is 0.306. The van der Waals surface area contributed by atoms with Crippen LogP contribution in [0.4, 0.5) is 0 Å². The molecule has 0 saturated heterocycles. The summed E-state index contributed by atoms with van der Waals surface area (Å²) in [5.41, 5.74) is 1.46. The summed E-state index contributed by atoms with van der Waals surface area (Å²) in [5, 5.41) is 10.8. The molecule has 3 nitrogen and oxygen atoms in total. The van der Waals surface area contributed by atoms with Gasteiger partial charge in [0.15, 0.2) is 0 Å². The Hall–Kier alpha value is -1.35. The van der Waals surface area contributed by atoms with E-state index in [1.807, 2.05) is 25.1 Å². The van der Waals surface area contributed by atoms with Crippen molar-refractivity contribution in [2.75, 3.05) is 7.11 Å². The van der Waals surface area contributed by atoms with Crippen LogP contribution >= 0.6 is 0 Å². The Balaban J connectivity index is 2.26. The van der Waals surface area contributed by atoms with Gasteiger partial charge in [-0.2, -0.15) is 0 Å². The van der Waals surface area contributed by atoms with E-state index >= 15 is 0 Å². The molecule has 0 amide bonds. The molecule has 1 aromatic carbocycles. The summed E-state index contributed by atoms with van der Waals surface area (Å²) in [6, 6.07) is 8.11. The van der Waals surface area contributed by atoms with E-state index in [0.717, 1.165) is 12.0 Å². The van der Waals surface area contributed by atoms with E-state index in [-0.39, 0.29) is 5.97 Å². The van der Waals surface area contributed by atoms with Crippen LogP contribution in [-0.4, -0.2) is 23.8 Å². The molecule has 0 aliphatic heterocycles. The number of fused-ring (bicyclic) bond motifs is 1. The Morgan fingerprint density at radius 1 is 1.44 bits per heavy atom. The first kappa shape index (κ1) is 13.1. The Morgan fingerprint density at radius 2 is 2.11 bits per heavy atom. The van der Waals surface area contributed by atoms with Gasteiger partial charge in [-0.1, -0.05) is 31.2 Å². The maximum absolute atomic E-state index is 11.8. The second-order valence-electron chi connectivity index (χ2n) is 5.03. The average molecular weight is 248 g/mol. The zero-order valence-electron chi connectivity index (χ0n) is 11.0. The monoisotopic (exact) mass is 248 g/mol. The third kappa shape index (κ3) is 2.27. The van der Waals surface area contributed by atoms with Gasteiger partial charge in [0, 0.05) is 6.42 Å². The molecule has 1 N–H and O–H groups in total. The van der Waals surface area contributed by atoms with Crippen LogP contribution in [0.3, 0.4) is 0 Å². The number of esters is 1. The Morgan fingerprint density at radius 3 is 2.72 bits per heavy atom. The summed E-state index contributed by atoms with van der Waals surface area (Å²) in [6.07, 6.45) is 2.58. The number of carbonyl (C=O) groups excluding carboxylic acids is 1. The van der Waals surface area contributed by atoms with Crippen molar-refractivity contribution < 1.29 is 14.6 Å². The molecule has 0 heterocycles. The predicted molar refractivity (Wildman–Crippen MR) is 69.2 cm³/mol. The minimum atomic E-state index is -0.962. The number of aryl methyl sites for hydroxylation is 1. The van der Waals surface area contributed by atoms with Crippen molar-refractivity contribution in [1.82, 2.24) is 0 Å². The van der Waals surface area contributed by atoms with Crippen LogP contribution in [0.25, 0.3) is 0 Å². The number of rotatable bonds is 3. The first-order valence-corrected chi connectivity index (χ1v) is 6.47. The molecular formula is C15H20O3. The smallest absolute Gasteiger partial charge is 0.311 e. The Kier molecular flexibility index (Phi) is 3.71. The van der Waals surface area contributed by atoms with Gasteiger partial charge in [0.1, 0.15) is 0 Å². The van der Waals surface area contributed by atoms with Crippen LogP contribution in [-0.2, 0) is 22.4 Å². The van der Waals surface area contributed by atoms with Crippen molar-refractivity contribution in [2.24, 2.45) is 5.92 Å². The number of ether oxygens (including phenoxy) is 1. The molecule has 0 bridgehead atoms. The number of benzene rings is 1. The maximum atomic E-state index is 11.8. The molecular weight excluding hydrogens is 228 g/mol. The second-order valence-corrected chi connectivity index (χ2v) is 5.03. The van der Waals surface area contributed by atoms with Gasteiger partial charge in [0.05, 0.1) is 18.6 Å². The summed E-state index contributed by atoms with van der Waals surface area (Å²) in [4.78, 5) is 11.8. The third-order valence-electron chi connectivity index (χ3n) is 3.98. The third-order valence-corrected chi connectivity index (χ3v) is 3.98. The normalized spacial score (nSPS) is 24.2. The topological polar surface area (TPSA) is 46.5 Å². The fourth-order valence-corrected chi connectivity index (χ4v) is 2.95. The second kappa shape index (κ2) is 5.11. The summed E-state index contributed by atoms with van der Waals surface area (Å²) in [5.74, 6) is -0.741. The van der Waals surface area contributed by atoms with Crippen LogP contribution in [0.5, 0.6) is 0 Å². The van der Waals surface area contributed by atoms with Gasteiger partial charge in [-0.15, -0.1) is 0 Å².